The fraction of sp³-hybridized carbons (Fsp3) is 0.600. The molecule has 6 nitrogen and oxygen atoms in total. The van der Waals surface area contributed by atoms with E-state index in [9.17, 15) is 18.0 Å². The molecule has 1 saturated heterocycles. The standard InChI is InChI=1S/C20H27F3N4O2.HI/c1-2-29-18(28)27-10-6-16(7-11-27)26-17(24)25-13-19(8-9-19)14-4-3-5-15(12-14)20(21,22)23;/h3-5,12,16H,2,6-11,13H2,1H3,(H3,24,25,26);1H. The first kappa shape index (κ1) is 24.5. The van der Waals surface area contributed by atoms with Crippen LogP contribution in [0.3, 0.4) is 0 Å². The summed E-state index contributed by atoms with van der Waals surface area (Å²) in [4.78, 5) is 17.8. The average Bonchev–Trinajstić information content (AvgIpc) is 3.48. The van der Waals surface area contributed by atoms with Gasteiger partial charge in [0.25, 0.3) is 0 Å². The summed E-state index contributed by atoms with van der Waals surface area (Å²) in [6, 6.07) is 5.58. The van der Waals surface area contributed by atoms with Crippen molar-refractivity contribution in [3.05, 3.63) is 35.4 Å². The lowest BCUT2D eigenvalue weighted by Crippen LogP contribution is -2.48. The van der Waals surface area contributed by atoms with Crippen molar-refractivity contribution in [2.75, 3.05) is 26.2 Å². The second-order valence-corrected chi connectivity index (χ2v) is 7.66. The molecule has 0 bridgehead atoms. The van der Waals surface area contributed by atoms with E-state index >= 15 is 0 Å². The minimum Gasteiger partial charge on any atom is -0.450 e. The third-order valence-electron chi connectivity index (χ3n) is 5.58. The largest absolute Gasteiger partial charge is 0.450 e. The Balaban J connectivity index is 0.00000320. The number of piperidine rings is 1. The van der Waals surface area contributed by atoms with Gasteiger partial charge in [0, 0.05) is 24.5 Å². The fourth-order valence-corrected chi connectivity index (χ4v) is 3.63. The number of carbonyl (C=O) groups excluding carboxylic acids is 1. The van der Waals surface area contributed by atoms with Crippen molar-refractivity contribution in [2.24, 2.45) is 10.7 Å². The Kier molecular flexibility index (Phi) is 8.23. The predicted molar refractivity (Wildman–Crippen MR) is 119 cm³/mol. The van der Waals surface area contributed by atoms with Crippen LogP contribution in [0.1, 0.15) is 43.7 Å². The maximum atomic E-state index is 13.0. The molecule has 168 valence electrons. The first-order valence-electron chi connectivity index (χ1n) is 9.89. The number of benzene rings is 1. The van der Waals surface area contributed by atoms with Crippen molar-refractivity contribution in [1.29, 1.82) is 0 Å². The number of alkyl halides is 3. The van der Waals surface area contributed by atoms with E-state index in [0.29, 0.717) is 31.8 Å². The molecule has 10 heteroatoms. The molecule has 1 saturated carbocycles. The van der Waals surface area contributed by atoms with E-state index < -0.39 is 11.7 Å². The van der Waals surface area contributed by atoms with Crippen LogP contribution in [0.5, 0.6) is 0 Å². The Hall–Kier alpha value is -1.72. The van der Waals surface area contributed by atoms with Crippen LogP contribution in [0.25, 0.3) is 0 Å². The highest BCUT2D eigenvalue weighted by molar-refractivity contribution is 14.0. The monoisotopic (exact) mass is 540 g/mol. The molecule has 1 aliphatic carbocycles. The number of hydrogen-bond acceptors (Lipinski definition) is 3. The Morgan fingerprint density at radius 2 is 2.00 bits per heavy atom. The SMILES string of the molecule is CCOC(=O)N1CCC(NC(N)=NCC2(c3cccc(C(F)(F)F)c3)CC2)CC1.I. The molecule has 0 radical (unpaired) electrons. The van der Waals surface area contributed by atoms with Gasteiger partial charge in [0.15, 0.2) is 5.96 Å². The molecule has 2 aliphatic rings. The van der Waals surface area contributed by atoms with E-state index in [1.54, 1.807) is 17.9 Å². The summed E-state index contributed by atoms with van der Waals surface area (Å²) in [5.41, 5.74) is 5.68. The number of aliphatic imine (C=N–C) groups is 1. The van der Waals surface area contributed by atoms with Gasteiger partial charge < -0.3 is 20.7 Å². The second kappa shape index (κ2) is 10.1. The minimum absolute atomic E-state index is 0. The van der Waals surface area contributed by atoms with Crippen molar-refractivity contribution in [3.63, 3.8) is 0 Å². The van der Waals surface area contributed by atoms with Crippen molar-refractivity contribution in [1.82, 2.24) is 10.2 Å². The van der Waals surface area contributed by atoms with Crippen molar-refractivity contribution in [3.8, 4) is 0 Å². The number of nitrogens with one attached hydrogen (secondary N) is 1. The predicted octanol–water partition coefficient (Wildman–Crippen LogP) is 3.88. The quantitative estimate of drug-likeness (QED) is 0.338. The lowest BCUT2D eigenvalue weighted by molar-refractivity contribution is -0.137. The zero-order valence-electron chi connectivity index (χ0n) is 16.9. The number of rotatable bonds is 5. The molecule has 1 aromatic carbocycles. The summed E-state index contributed by atoms with van der Waals surface area (Å²) >= 11 is 0. The lowest BCUT2D eigenvalue weighted by atomic mass is 9.94. The number of likely N-dealkylation sites (tertiary alicyclic amines) is 1. The van der Waals surface area contributed by atoms with Gasteiger partial charge >= 0.3 is 12.3 Å². The van der Waals surface area contributed by atoms with Crippen LogP contribution in [0, 0.1) is 0 Å². The van der Waals surface area contributed by atoms with E-state index in [-0.39, 0.29) is 47.5 Å². The smallest absolute Gasteiger partial charge is 0.416 e. The highest BCUT2D eigenvalue weighted by Gasteiger charge is 2.45. The summed E-state index contributed by atoms with van der Waals surface area (Å²) in [6.45, 7) is 3.64. The highest BCUT2D eigenvalue weighted by atomic mass is 127. The van der Waals surface area contributed by atoms with Crippen LogP contribution in [-0.4, -0.2) is 49.2 Å². The number of ether oxygens (including phenoxy) is 1. The van der Waals surface area contributed by atoms with Gasteiger partial charge in [0.05, 0.1) is 18.7 Å². The van der Waals surface area contributed by atoms with E-state index in [0.717, 1.165) is 31.7 Å². The molecular weight excluding hydrogens is 512 g/mol. The third-order valence-corrected chi connectivity index (χ3v) is 5.58. The van der Waals surface area contributed by atoms with Gasteiger partial charge in [0.2, 0.25) is 0 Å². The number of hydrogen-bond donors (Lipinski definition) is 2. The summed E-state index contributed by atoms with van der Waals surface area (Å²) < 4.78 is 43.9. The summed E-state index contributed by atoms with van der Waals surface area (Å²) in [5, 5.41) is 3.17. The Morgan fingerprint density at radius 3 is 2.57 bits per heavy atom. The first-order chi connectivity index (χ1) is 13.7. The molecule has 1 aromatic rings. The molecule has 3 N–H and O–H groups in total. The number of nitrogens with zero attached hydrogens (tertiary/aromatic N) is 2. The van der Waals surface area contributed by atoms with Gasteiger partial charge in [-0.25, -0.2) is 4.79 Å². The molecule has 0 unspecified atom stereocenters. The zero-order valence-corrected chi connectivity index (χ0v) is 19.2. The van der Waals surface area contributed by atoms with Crippen LogP contribution >= 0.6 is 24.0 Å². The number of amides is 1. The van der Waals surface area contributed by atoms with Crippen LogP contribution in [-0.2, 0) is 16.3 Å². The van der Waals surface area contributed by atoms with Crippen LogP contribution in [0.2, 0.25) is 0 Å². The lowest BCUT2D eigenvalue weighted by Gasteiger charge is -2.31. The minimum atomic E-state index is -4.35. The van der Waals surface area contributed by atoms with E-state index in [1.165, 1.54) is 12.1 Å². The molecule has 2 fully saturated rings. The molecule has 0 atom stereocenters. The summed E-state index contributed by atoms with van der Waals surface area (Å²) in [7, 11) is 0. The topological polar surface area (TPSA) is 80.0 Å². The van der Waals surface area contributed by atoms with Crippen molar-refractivity contribution in [2.45, 2.75) is 50.2 Å². The number of halogens is 4. The van der Waals surface area contributed by atoms with E-state index in [2.05, 4.69) is 10.3 Å². The Morgan fingerprint density at radius 1 is 1.33 bits per heavy atom. The fourth-order valence-electron chi connectivity index (χ4n) is 3.63. The third kappa shape index (κ3) is 6.14. The molecule has 0 spiro atoms. The van der Waals surface area contributed by atoms with Gasteiger partial charge in [-0.1, -0.05) is 18.2 Å². The molecule has 30 heavy (non-hydrogen) atoms. The van der Waals surface area contributed by atoms with Crippen LogP contribution < -0.4 is 11.1 Å². The van der Waals surface area contributed by atoms with Gasteiger partial charge in [-0.3, -0.25) is 4.99 Å². The number of guanidine groups is 1. The first-order valence-corrected chi connectivity index (χ1v) is 9.89. The van der Waals surface area contributed by atoms with Crippen LogP contribution in [0.15, 0.2) is 29.3 Å². The number of carbonyl (C=O) groups is 1. The highest BCUT2D eigenvalue weighted by Crippen LogP contribution is 2.49. The van der Waals surface area contributed by atoms with Crippen LogP contribution in [0.4, 0.5) is 18.0 Å². The van der Waals surface area contributed by atoms with Crippen molar-refractivity contribution >= 4 is 36.0 Å². The molecule has 1 amide bonds. The molecular formula is C20H28F3IN4O2. The number of nitrogens with two attached hydrogens (primary N) is 1. The average molecular weight is 540 g/mol. The molecule has 1 heterocycles. The van der Waals surface area contributed by atoms with Gasteiger partial charge in [-0.05, 0) is 44.2 Å². The van der Waals surface area contributed by atoms with Gasteiger partial charge in [0.1, 0.15) is 0 Å². The molecule has 1 aliphatic heterocycles. The van der Waals surface area contributed by atoms with Gasteiger partial charge in [-0.2, -0.15) is 13.2 Å². The second-order valence-electron chi connectivity index (χ2n) is 7.66. The summed E-state index contributed by atoms with van der Waals surface area (Å²) in [5.74, 6) is 0.290. The van der Waals surface area contributed by atoms with Crippen molar-refractivity contribution < 1.29 is 22.7 Å². The zero-order chi connectivity index (χ0) is 21.1. The Labute approximate surface area is 191 Å². The van der Waals surface area contributed by atoms with Gasteiger partial charge in [-0.15, -0.1) is 24.0 Å². The Bertz CT molecular complexity index is 761. The van der Waals surface area contributed by atoms with E-state index in [4.69, 9.17) is 10.5 Å². The molecule has 0 aromatic heterocycles. The van der Waals surface area contributed by atoms with E-state index in [1.807, 2.05) is 0 Å². The maximum Gasteiger partial charge on any atom is 0.416 e. The molecule has 3 rings (SSSR count). The normalized spacial score (nSPS) is 19.1. The maximum absolute atomic E-state index is 13.0. The summed E-state index contributed by atoms with van der Waals surface area (Å²) in [6.07, 6.45) is -1.61.